The van der Waals surface area contributed by atoms with Crippen LogP contribution >= 0.6 is 0 Å². The molecule has 0 unspecified atom stereocenters. The zero-order valence-electron chi connectivity index (χ0n) is 21.4. The van der Waals surface area contributed by atoms with Gasteiger partial charge in [-0.05, 0) is 58.0 Å². The van der Waals surface area contributed by atoms with E-state index in [0.717, 1.165) is 22.2 Å². The third kappa shape index (κ3) is 3.00. The molecule has 4 aromatic rings. The molecule has 0 radical (unpaired) electrons. The molecule has 0 amide bonds. The molecule has 1 aliphatic carbocycles. The third-order valence-electron chi connectivity index (χ3n) is 7.38. The summed E-state index contributed by atoms with van der Waals surface area (Å²) in [5.74, 6) is 0. The summed E-state index contributed by atoms with van der Waals surface area (Å²) in [5.41, 5.74) is 9.00. The molecule has 0 saturated carbocycles. The van der Waals surface area contributed by atoms with Crippen molar-refractivity contribution in [1.82, 2.24) is 14.4 Å². The molecule has 3 aromatic heterocycles. The fraction of sp³-hybridized carbons (Fsp3) is 0.517. The van der Waals surface area contributed by atoms with Crippen LogP contribution in [0.1, 0.15) is 98.2 Å². The number of imidazole rings is 1. The third-order valence-corrected chi connectivity index (χ3v) is 7.38. The molecule has 0 atom stereocenters. The van der Waals surface area contributed by atoms with Crippen LogP contribution in [0.2, 0.25) is 0 Å². The fourth-order valence-electron chi connectivity index (χ4n) is 5.91. The van der Waals surface area contributed by atoms with Crippen molar-refractivity contribution >= 4 is 27.5 Å². The number of hydrogen-bond acceptors (Lipinski definition) is 2. The van der Waals surface area contributed by atoms with Crippen LogP contribution in [-0.4, -0.2) is 14.4 Å². The monoisotopic (exact) mass is 427 g/mol. The molecular formula is C29H37N3. The predicted molar refractivity (Wildman–Crippen MR) is 136 cm³/mol. The zero-order valence-corrected chi connectivity index (χ0v) is 21.4. The van der Waals surface area contributed by atoms with Gasteiger partial charge in [-0.3, -0.25) is 9.38 Å². The second-order valence-electron chi connectivity index (χ2n) is 13.3. The lowest BCUT2D eigenvalue weighted by Gasteiger charge is -2.24. The van der Waals surface area contributed by atoms with Gasteiger partial charge in [0, 0.05) is 33.8 Å². The number of hydrogen-bond donors (Lipinski definition) is 0. The van der Waals surface area contributed by atoms with Gasteiger partial charge in [0.05, 0.1) is 11.0 Å². The maximum absolute atomic E-state index is 5.22. The number of nitrogens with zero attached hydrogens (tertiary/aromatic N) is 3. The molecule has 0 saturated heterocycles. The second kappa shape index (κ2) is 6.12. The average Bonchev–Trinajstić information content (AvgIpc) is 3.10. The lowest BCUT2D eigenvalue weighted by molar-refractivity contribution is 0.403. The molecule has 0 fully saturated rings. The smallest absolute Gasteiger partial charge is 0.147 e. The summed E-state index contributed by atoms with van der Waals surface area (Å²) in [6.07, 6.45) is 3.20. The van der Waals surface area contributed by atoms with E-state index in [2.05, 4.69) is 97.9 Å². The first-order valence-corrected chi connectivity index (χ1v) is 11.9. The van der Waals surface area contributed by atoms with Crippen LogP contribution in [0, 0.1) is 0 Å². The predicted octanol–water partition coefficient (Wildman–Crippen LogP) is 7.59. The number of benzene rings is 1. The molecule has 0 aliphatic heterocycles. The van der Waals surface area contributed by atoms with Gasteiger partial charge in [0.15, 0.2) is 0 Å². The summed E-state index contributed by atoms with van der Waals surface area (Å²) in [6.45, 7) is 23.1. The van der Waals surface area contributed by atoms with Gasteiger partial charge in [-0.1, -0.05) is 69.2 Å². The van der Waals surface area contributed by atoms with Crippen molar-refractivity contribution < 1.29 is 0 Å². The van der Waals surface area contributed by atoms with E-state index in [0.29, 0.717) is 0 Å². The lowest BCUT2D eigenvalue weighted by Crippen LogP contribution is -2.18. The van der Waals surface area contributed by atoms with Crippen molar-refractivity contribution in [3.8, 4) is 0 Å². The first-order valence-electron chi connectivity index (χ1n) is 11.9. The number of rotatable bonds is 0. The Morgan fingerprint density at radius 1 is 0.812 bits per heavy atom. The quantitative estimate of drug-likeness (QED) is 0.289. The van der Waals surface area contributed by atoms with Crippen LogP contribution in [0.15, 0.2) is 30.5 Å². The summed E-state index contributed by atoms with van der Waals surface area (Å²) in [4.78, 5) is 10.1. The first kappa shape index (κ1) is 21.4. The molecule has 1 aromatic carbocycles. The topological polar surface area (TPSA) is 30.2 Å². The SMILES string of the molecule is CC(C)(C)c1cc2cc(C(C)(C)C)n3c4cc5c(cc4nc3c2cn1)C(C)(C)CC5(C)C. The van der Waals surface area contributed by atoms with Crippen LogP contribution in [0.4, 0.5) is 0 Å². The Hall–Kier alpha value is -2.42. The Morgan fingerprint density at radius 2 is 1.44 bits per heavy atom. The summed E-state index contributed by atoms with van der Waals surface area (Å²) < 4.78 is 2.40. The maximum atomic E-state index is 5.22. The Bertz CT molecular complexity index is 1400. The van der Waals surface area contributed by atoms with Crippen LogP contribution in [-0.2, 0) is 21.7 Å². The van der Waals surface area contributed by atoms with Gasteiger partial charge in [-0.15, -0.1) is 0 Å². The van der Waals surface area contributed by atoms with Crippen molar-refractivity contribution in [3.05, 3.63) is 53.0 Å². The summed E-state index contributed by atoms with van der Waals surface area (Å²) >= 11 is 0. The van der Waals surface area contributed by atoms with E-state index >= 15 is 0 Å². The molecule has 32 heavy (non-hydrogen) atoms. The fourth-order valence-corrected chi connectivity index (χ4v) is 5.91. The van der Waals surface area contributed by atoms with Crippen LogP contribution in [0.3, 0.4) is 0 Å². The average molecular weight is 428 g/mol. The van der Waals surface area contributed by atoms with Gasteiger partial charge in [0.25, 0.3) is 0 Å². The van der Waals surface area contributed by atoms with Gasteiger partial charge in [-0.2, -0.15) is 0 Å². The van der Waals surface area contributed by atoms with Gasteiger partial charge < -0.3 is 0 Å². The van der Waals surface area contributed by atoms with Crippen molar-refractivity contribution in [2.45, 2.75) is 97.3 Å². The standard InChI is InChI=1S/C29H37N3/c1-26(2,3)23-11-17-12-24(27(4,5)6)32-22-14-20-19(28(7,8)16-29(20,9)10)13-21(22)31-25(32)18(17)15-30-23/h11-15H,16H2,1-10H3. The summed E-state index contributed by atoms with van der Waals surface area (Å²) in [6, 6.07) is 9.41. The van der Waals surface area contributed by atoms with Crippen molar-refractivity contribution in [3.63, 3.8) is 0 Å². The van der Waals surface area contributed by atoms with E-state index in [4.69, 9.17) is 9.97 Å². The highest BCUT2D eigenvalue weighted by atomic mass is 15.0. The number of aromatic nitrogens is 3. The highest BCUT2D eigenvalue weighted by Gasteiger charge is 2.42. The first-order chi connectivity index (χ1) is 14.6. The zero-order chi connectivity index (χ0) is 23.4. The van der Waals surface area contributed by atoms with E-state index in [-0.39, 0.29) is 21.7 Å². The molecule has 3 nitrogen and oxygen atoms in total. The van der Waals surface area contributed by atoms with E-state index in [1.165, 1.54) is 34.1 Å². The highest BCUT2D eigenvalue weighted by molar-refractivity contribution is 5.99. The number of fused-ring (bicyclic) bond motifs is 6. The molecular weight excluding hydrogens is 390 g/mol. The van der Waals surface area contributed by atoms with Gasteiger partial charge in [-0.25, -0.2) is 4.98 Å². The second-order valence-corrected chi connectivity index (χ2v) is 13.3. The van der Waals surface area contributed by atoms with Crippen molar-refractivity contribution in [2.75, 3.05) is 0 Å². The Labute approximate surface area is 192 Å². The molecule has 0 spiro atoms. The molecule has 5 rings (SSSR count). The molecule has 168 valence electrons. The largest absolute Gasteiger partial charge is 0.295 e. The Kier molecular flexibility index (Phi) is 4.10. The van der Waals surface area contributed by atoms with Crippen molar-refractivity contribution in [1.29, 1.82) is 0 Å². The van der Waals surface area contributed by atoms with E-state index in [1.54, 1.807) is 0 Å². The minimum atomic E-state index is -0.0148. The Balaban J connectivity index is 1.94. The summed E-state index contributed by atoms with van der Waals surface area (Å²) in [7, 11) is 0. The van der Waals surface area contributed by atoms with E-state index < -0.39 is 0 Å². The summed E-state index contributed by atoms with van der Waals surface area (Å²) in [5, 5.41) is 2.35. The normalized spacial score (nSPS) is 18.1. The lowest BCUT2D eigenvalue weighted by atomic mass is 9.82. The molecule has 3 heteroatoms. The van der Waals surface area contributed by atoms with Gasteiger partial charge >= 0.3 is 0 Å². The molecule has 0 N–H and O–H groups in total. The minimum absolute atomic E-state index is 0.0142. The van der Waals surface area contributed by atoms with Gasteiger partial charge in [0.2, 0.25) is 0 Å². The molecule has 3 heterocycles. The highest BCUT2D eigenvalue weighted by Crippen LogP contribution is 2.50. The van der Waals surface area contributed by atoms with Crippen LogP contribution < -0.4 is 0 Å². The number of pyridine rings is 2. The van der Waals surface area contributed by atoms with E-state index in [1.807, 2.05) is 6.20 Å². The van der Waals surface area contributed by atoms with Crippen LogP contribution in [0.5, 0.6) is 0 Å². The van der Waals surface area contributed by atoms with E-state index in [9.17, 15) is 0 Å². The van der Waals surface area contributed by atoms with Crippen molar-refractivity contribution in [2.24, 2.45) is 0 Å². The van der Waals surface area contributed by atoms with Crippen LogP contribution in [0.25, 0.3) is 27.5 Å². The molecule has 1 aliphatic rings. The minimum Gasteiger partial charge on any atom is -0.295 e. The maximum Gasteiger partial charge on any atom is 0.147 e. The van der Waals surface area contributed by atoms with Gasteiger partial charge in [0.1, 0.15) is 5.65 Å². The molecule has 0 bridgehead atoms. The Morgan fingerprint density at radius 3 is 2.03 bits per heavy atom.